The standard InChI is InChI=1S/C21H31F3N4O2.HI/c1-19(2,3)28-17(29)13-26-18(25-4)27-14-20(8-10-30-11-9-20)15-6-5-7-16(12-15)21(22,23)24;/h5-7,12H,8-11,13-14H2,1-4H3,(H,28,29)(H2,25,26,27);1H. The van der Waals surface area contributed by atoms with E-state index < -0.39 is 17.2 Å². The van der Waals surface area contributed by atoms with Crippen molar-refractivity contribution in [1.29, 1.82) is 0 Å². The van der Waals surface area contributed by atoms with E-state index in [0.29, 0.717) is 44.1 Å². The quantitative estimate of drug-likeness (QED) is 0.295. The van der Waals surface area contributed by atoms with Gasteiger partial charge in [-0.1, -0.05) is 18.2 Å². The molecule has 1 saturated heterocycles. The molecule has 1 amide bonds. The van der Waals surface area contributed by atoms with Gasteiger partial charge in [-0.2, -0.15) is 13.2 Å². The number of hydrogen-bond donors (Lipinski definition) is 3. The third kappa shape index (κ3) is 8.47. The molecule has 1 aliphatic rings. The molecule has 2 rings (SSSR count). The lowest BCUT2D eigenvalue weighted by Gasteiger charge is -2.38. The highest BCUT2D eigenvalue weighted by molar-refractivity contribution is 14.0. The van der Waals surface area contributed by atoms with Crippen LogP contribution < -0.4 is 16.0 Å². The van der Waals surface area contributed by atoms with E-state index in [0.717, 1.165) is 6.07 Å². The molecule has 0 unspecified atom stereocenters. The number of alkyl halides is 3. The number of nitrogens with zero attached hydrogens (tertiary/aromatic N) is 1. The van der Waals surface area contributed by atoms with Crippen molar-refractivity contribution in [2.45, 2.75) is 50.7 Å². The van der Waals surface area contributed by atoms with Crippen LogP contribution in [-0.2, 0) is 21.1 Å². The number of guanidine groups is 1. The summed E-state index contributed by atoms with van der Waals surface area (Å²) in [5.41, 5.74) is -0.905. The Hall–Kier alpha value is -1.56. The number of carbonyl (C=O) groups is 1. The first kappa shape index (κ1) is 27.5. The molecule has 0 atom stereocenters. The second-order valence-electron chi connectivity index (χ2n) is 8.55. The van der Waals surface area contributed by atoms with Crippen LogP contribution in [0.3, 0.4) is 0 Å². The van der Waals surface area contributed by atoms with Gasteiger partial charge >= 0.3 is 6.18 Å². The minimum atomic E-state index is -4.40. The number of ether oxygens (including phenoxy) is 1. The fourth-order valence-electron chi connectivity index (χ4n) is 3.46. The van der Waals surface area contributed by atoms with Gasteiger partial charge in [-0.05, 0) is 45.2 Å². The SMILES string of the molecule is CN=C(NCC(=O)NC(C)(C)C)NCC1(c2cccc(C(F)(F)F)c2)CCOCC1.I. The van der Waals surface area contributed by atoms with Crippen molar-refractivity contribution >= 4 is 35.8 Å². The number of halogens is 4. The fourth-order valence-corrected chi connectivity index (χ4v) is 3.46. The number of rotatable bonds is 5. The van der Waals surface area contributed by atoms with Crippen molar-refractivity contribution in [1.82, 2.24) is 16.0 Å². The first-order chi connectivity index (χ1) is 14.0. The summed E-state index contributed by atoms with van der Waals surface area (Å²) in [5.74, 6) is 0.237. The highest BCUT2D eigenvalue weighted by atomic mass is 127. The summed E-state index contributed by atoms with van der Waals surface area (Å²) < 4.78 is 45.1. The van der Waals surface area contributed by atoms with Gasteiger partial charge in [0.2, 0.25) is 5.91 Å². The highest BCUT2D eigenvalue weighted by Crippen LogP contribution is 2.37. The molecule has 0 aromatic heterocycles. The van der Waals surface area contributed by atoms with E-state index in [1.807, 2.05) is 20.8 Å². The number of amides is 1. The van der Waals surface area contributed by atoms with Gasteiger partial charge < -0.3 is 20.7 Å². The normalized spacial score (nSPS) is 16.8. The summed E-state index contributed by atoms with van der Waals surface area (Å²) in [6.45, 7) is 7.02. The van der Waals surface area contributed by atoms with Gasteiger partial charge in [0.25, 0.3) is 0 Å². The van der Waals surface area contributed by atoms with Crippen molar-refractivity contribution in [3.8, 4) is 0 Å². The second-order valence-corrected chi connectivity index (χ2v) is 8.55. The Labute approximate surface area is 198 Å². The predicted molar refractivity (Wildman–Crippen MR) is 126 cm³/mol. The lowest BCUT2D eigenvalue weighted by atomic mass is 9.73. The number of hydrogen-bond acceptors (Lipinski definition) is 3. The molecule has 6 nitrogen and oxygen atoms in total. The Kier molecular flexibility index (Phi) is 10.1. The lowest BCUT2D eigenvalue weighted by Crippen LogP contribution is -2.51. The number of benzene rings is 1. The van der Waals surface area contributed by atoms with Crippen LogP contribution in [0.4, 0.5) is 13.2 Å². The maximum absolute atomic E-state index is 13.2. The lowest BCUT2D eigenvalue weighted by molar-refractivity contribution is -0.137. The highest BCUT2D eigenvalue weighted by Gasteiger charge is 2.37. The molecule has 31 heavy (non-hydrogen) atoms. The van der Waals surface area contributed by atoms with Gasteiger partial charge in [0.15, 0.2) is 5.96 Å². The summed E-state index contributed by atoms with van der Waals surface area (Å²) in [5, 5.41) is 8.98. The van der Waals surface area contributed by atoms with E-state index in [9.17, 15) is 18.0 Å². The minimum Gasteiger partial charge on any atom is -0.381 e. The van der Waals surface area contributed by atoms with Gasteiger partial charge in [0, 0.05) is 37.8 Å². The van der Waals surface area contributed by atoms with E-state index in [2.05, 4.69) is 20.9 Å². The topological polar surface area (TPSA) is 74.8 Å². The Morgan fingerprint density at radius 3 is 2.35 bits per heavy atom. The van der Waals surface area contributed by atoms with E-state index in [-0.39, 0.29) is 42.0 Å². The van der Waals surface area contributed by atoms with E-state index in [4.69, 9.17) is 4.74 Å². The minimum absolute atomic E-state index is 0. The Balaban J connectivity index is 0.00000480. The van der Waals surface area contributed by atoms with E-state index in [1.54, 1.807) is 13.1 Å². The first-order valence-corrected chi connectivity index (χ1v) is 9.96. The molecule has 10 heteroatoms. The average molecular weight is 556 g/mol. The zero-order chi connectivity index (χ0) is 22.4. The molecule has 176 valence electrons. The number of nitrogens with one attached hydrogen (secondary N) is 3. The van der Waals surface area contributed by atoms with Crippen LogP contribution in [0, 0.1) is 0 Å². The molecule has 0 spiro atoms. The second kappa shape index (κ2) is 11.3. The van der Waals surface area contributed by atoms with Crippen molar-refractivity contribution < 1.29 is 22.7 Å². The van der Waals surface area contributed by atoms with Crippen LogP contribution in [-0.4, -0.2) is 50.8 Å². The van der Waals surface area contributed by atoms with Crippen LogP contribution in [0.1, 0.15) is 44.7 Å². The molecule has 1 fully saturated rings. The Bertz CT molecular complexity index is 758. The summed E-state index contributed by atoms with van der Waals surface area (Å²) in [7, 11) is 1.58. The van der Waals surface area contributed by atoms with Gasteiger partial charge in [0.1, 0.15) is 0 Å². The third-order valence-electron chi connectivity index (χ3n) is 5.00. The molecule has 1 heterocycles. The molecule has 1 aromatic rings. The molecule has 1 aromatic carbocycles. The molecule has 3 N–H and O–H groups in total. The molecule has 0 bridgehead atoms. The van der Waals surface area contributed by atoms with Crippen LogP contribution >= 0.6 is 24.0 Å². The average Bonchev–Trinajstić information content (AvgIpc) is 2.67. The summed E-state index contributed by atoms with van der Waals surface area (Å²) in [6, 6.07) is 5.48. The third-order valence-corrected chi connectivity index (χ3v) is 5.00. The number of aliphatic imine (C=N–C) groups is 1. The summed E-state index contributed by atoms with van der Waals surface area (Å²) in [4.78, 5) is 16.1. The largest absolute Gasteiger partial charge is 0.416 e. The molecule has 0 radical (unpaired) electrons. The molecular formula is C21H32F3IN4O2. The van der Waals surface area contributed by atoms with Gasteiger partial charge in [-0.3, -0.25) is 9.79 Å². The van der Waals surface area contributed by atoms with Crippen molar-refractivity contribution in [3.63, 3.8) is 0 Å². The Morgan fingerprint density at radius 1 is 1.16 bits per heavy atom. The van der Waals surface area contributed by atoms with Gasteiger partial charge in [-0.15, -0.1) is 24.0 Å². The fraction of sp³-hybridized carbons (Fsp3) is 0.619. The number of carbonyl (C=O) groups excluding carboxylic acids is 1. The smallest absolute Gasteiger partial charge is 0.381 e. The van der Waals surface area contributed by atoms with Crippen molar-refractivity contribution in [2.75, 3.05) is 33.4 Å². The zero-order valence-corrected chi connectivity index (χ0v) is 20.7. The maximum Gasteiger partial charge on any atom is 0.416 e. The zero-order valence-electron chi connectivity index (χ0n) is 18.4. The molecule has 0 aliphatic carbocycles. The molecular weight excluding hydrogens is 524 g/mol. The van der Waals surface area contributed by atoms with Crippen LogP contribution in [0.15, 0.2) is 29.3 Å². The van der Waals surface area contributed by atoms with Crippen molar-refractivity contribution in [2.24, 2.45) is 4.99 Å². The predicted octanol–water partition coefficient (Wildman–Crippen LogP) is 3.45. The van der Waals surface area contributed by atoms with Crippen molar-refractivity contribution in [3.05, 3.63) is 35.4 Å². The van der Waals surface area contributed by atoms with Gasteiger partial charge in [0.05, 0.1) is 12.1 Å². The maximum atomic E-state index is 13.2. The molecule has 1 aliphatic heterocycles. The molecule has 0 saturated carbocycles. The van der Waals surface area contributed by atoms with Crippen LogP contribution in [0.2, 0.25) is 0 Å². The van der Waals surface area contributed by atoms with E-state index in [1.165, 1.54) is 12.1 Å². The van der Waals surface area contributed by atoms with Crippen LogP contribution in [0.25, 0.3) is 0 Å². The van der Waals surface area contributed by atoms with Gasteiger partial charge in [-0.25, -0.2) is 0 Å². The van der Waals surface area contributed by atoms with Crippen LogP contribution in [0.5, 0.6) is 0 Å². The monoisotopic (exact) mass is 556 g/mol. The summed E-state index contributed by atoms with van der Waals surface area (Å²) in [6.07, 6.45) is -3.22. The first-order valence-electron chi connectivity index (χ1n) is 9.96. The Morgan fingerprint density at radius 2 is 1.81 bits per heavy atom. The van der Waals surface area contributed by atoms with E-state index >= 15 is 0 Å². The summed E-state index contributed by atoms with van der Waals surface area (Å²) >= 11 is 0.